The van der Waals surface area contributed by atoms with Crippen LogP contribution in [0.4, 0.5) is 0 Å². The summed E-state index contributed by atoms with van der Waals surface area (Å²) < 4.78 is 1.25. The zero-order chi connectivity index (χ0) is 17.8. The molecule has 1 saturated heterocycles. The lowest BCUT2D eigenvalue weighted by atomic mass is 9.99. The number of carbonyl (C=O) groups is 1. The number of hydrogen-bond donors (Lipinski definition) is 1. The number of carbonyl (C=O) groups excluding carboxylic acids is 1. The third kappa shape index (κ3) is 4.11. The first-order chi connectivity index (χ1) is 12.8. The van der Waals surface area contributed by atoms with Gasteiger partial charge in [-0.25, -0.2) is 4.98 Å². The second kappa shape index (κ2) is 7.98. The van der Waals surface area contributed by atoms with Crippen LogP contribution in [0.15, 0.2) is 54.6 Å². The van der Waals surface area contributed by atoms with Crippen LogP contribution in [-0.4, -0.2) is 35.4 Å². The minimum absolute atomic E-state index is 0.0961. The number of rotatable bonds is 5. The summed E-state index contributed by atoms with van der Waals surface area (Å²) in [6, 6.07) is 18.4. The Morgan fingerprint density at radius 2 is 1.96 bits per heavy atom. The number of amides is 1. The van der Waals surface area contributed by atoms with Gasteiger partial charge in [-0.2, -0.15) is 0 Å². The molecule has 26 heavy (non-hydrogen) atoms. The average molecular weight is 366 g/mol. The van der Waals surface area contributed by atoms with E-state index in [1.807, 2.05) is 36.4 Å². The highest BCUT2D eigenvalue weighted by Gasteiger charge is 2.25. The first-order valence-corrected chi connectivity index (χ1v) is 9.98. The van der Waals surface area contributed by atoms with Crippen LogP contribution in [0.2, 0.25) is 0 Å². The molecule has 3 aromatic rings. The number of likely N-dealkylation sites (tertiary alicyclic amines) is 1. The molecule has 1 aliphatic rings. The maximum absolute atomic E-state index is 12.3. The molecular weight excluding hydrogens is 342 g/mol. The number of para-hydroxylation sites is 1. The standard InChI is InChI=1S/C21H23N3OS/c25-20(22-13-16-7-2-1-3-8-16)15-24-12-6-9-17(14-24)21-23-18-10-4-5-11-19(18)26-21/h1-5,7-8,10-11,17H,6,9,12-15H2,(H,22,25)/t17-/m0/s1. The van der Waals surface area contributed by atoms with Gasteiger partial charge in [0.15, 0.2) is 0 Å². The molecular formula is C21H23N3OS. The van der Waals surface area contributed by atoms with Gasteiger partial charge in [-0.3, -0.25) is 9.69 Å². The van der Waals surface area contributed by atoms with E-state index in [1.165, 1.54) is 9.71 Å². The van der Waals surface area contributed by atoms with E-state index in [0.29, 0.717) is 19.0 Å². The average Bonchev–Trinajstić information content (AvgIpc) is 3.12. The van der Waals surface area contributed by atoms with Gasteiger partial charge in [-0.05, 0) is 37.1 Å². The van der Waals surface area contributed by atoms with Crippen molar-refractivity contribution in [3.63, 3.8) is 0 Å². The largest absolute Gasteiger partial charge is 0.351 e. The van der Waals surface area contributed by atoms with Crippen molar-refractivity contribution in [2.75, 3.05) is 19.6 Å². The number of fused-ring (bicyclic) bond motifs is 1. The molecule has 1 aliphatic heterocycles. The molecule has 4 rings (SSSR count). The molecule has 0 radical (unpaired) electrons. The number of benzene rings is 2. The van der Waals surface area contributed by atoms with Gasteiger partial charge in [0.05, 0.1) is 21.8 Å². The Balaban J connectivity index is 1.33. The summed E-state index contributed by atoms with van der Waals surface area (Å²) >= 11 is 1.79. The molecule has 1 atom stereocenters. The number of aromatic nitrogens is 1. The van der Waals surface area contributed by atoms with E-state index >= 15 is 0 Å². The Kier molecular flexibility index (Phi) is 5.27. The predicted molar refractivity (Wildman–Crippen MR) is 106 cm³/mol. The normalized spacial score (nSPS) is 18.1. The van der Waals surface area contributed by atoms with Crippen LogP contribution in [0.3, 0.4) is 0 Å². The summed E-state index contributed by atoms with van der Waals surface area (Å²) in [4.78, 5) is 19.4. The van der Waals surface area contributed by atoms with Gasteiger partial charge in [0.1, 0.15) is 0 Å². The van der Waals surface area contributed by atoms with E-state index in [1.54, 1.807) is 11.3 Å². The molecule has 5 heteroatoms. The van der Waals surface area contributed by atoms with Crippen LogP contribution in [0, 0.1) is 0 Å². The smallest absolute Gasteiger partial charge is 0.234 e. The molecule has 2 aromatic carbocycles. The quantitative estimate of drug-likeness (QED) is 0.748. The van der Waals surface area contributed by atoms with Crippen LogP contribution in [-0.2, 0) is 11.3 Å². The first-order valence-electron chi connectivity index (χ1n) is 9.16. The van der Waals surface area contributed by atoms with Gasteiger partial charge in [-0.15, -0.1) is 11.3 Å². The van der Waals surface area contributed by atoms with E-state index in [9.17, 15) is 4.79 Å². The fraction of sp³-hybridized carbons (Fsp3) is 0.333. The highest BCUT2D eigenvalue weighted by Crippen LogP contribution is 2.32. The van der Waals surface area contributed by atoms with Crippen molar-refractivity contribution < 1.29 is 4.79 Å². The summed E-state index contributed by atoms with van der Waals surface area (Å²) in [5, 5.41) is 4.24. The summed E-state index contributed by atoms with van der Waals surface area (Å²) in [6.07, 6.45) is 2.27. The van der Waals surface area contributed by atoms with Crippen LogP contribution < -0.4 is 5.32 Å². The maximum atomic E-state index is 12.3. The lowest BCUT2D eigenvalue weighted by Crippen LogP contribution is -2.41. The van der Waals surface area contributed by atoms with E-state index in [2.05, 4.69) is 28.4 Å². The molecule has 1 amide bonds. The summed E-state index contributed by atoms with van der Waals surface area (Å²) in [7, 11) is 0. The predicted octanol–water partition coefficient (Wildman–Crippen LogP) is 3.79. The zero-order valence-corrected chi connectivity index (χ0v) is 15.5. The third-order valence-corrected chi connectivity index (χ3v) is 6.06. The molecule has 2 heterocycles. The van der Waals surface area contributed by atoms with Gasteiger partial charge < -0.3 is 5.32 Å². The van der Waals surface area contributed by atoms with Crippen molar-refractivity contribution in [2.45, 2.75) is 25.3 Å². The summed E-state index contributed by atoms with van der Waals surface area (Å²) in [5.41, 5.74) is 2.22. The minimum atomic E-state index is 0.0961. The van der Waals surface area contributed by atoms with Crippen LogP contribution in [0.5, 0.6) is 0 Å². The SMILES string of the molecule is O=C(CN1CCC[C@H](c2nc3ccccc3s2)C1)NCc1ccccc1. The lowest BCUT2D eigenvalue weighted by Gasteiger charge is -2.31. The Hall–Kier alpha value is -2.24. The number of nitrogens with zero attached hydrogens (tertiary/aromatic N) is 2. The second-order valence-corrected chi connectivity index (χ2v) is 7.92. The lowest BCUT2D eigenvalue weighted by molar-refractivity contribution is -0.122. The van der Waals surface area contributed by atoms with E-state index in [-0.39, 0.29) is 5.91 Å². The highest BCUT2D eigenvalue weighted by molar-refractivity contribution is 7.18. The molecule has 1 aromatic heterocycles. The maximum Gasteiger partial charge on any atom is 0.234 e. The first kappa shape index (κ1) is 17.2. The molecule has 134 valence electrons. The topological polar surface area (TPSA) is 45.2 Å². The fourth-order valence-electron chi connectivity index (χ4n) is 3.52. The summed E-state index contributed by atoms with van der Waals surface area (Å²) in [5.74, 6) is 0.530. The minimum Gasteiger partial charge on any atom is -0.351 e. The molecule has 0 bridgehead atoms. The highest BCUT2D eigenvalue weighted by atomic mass is 32.1. The monoisotopic (exact) mass is 365 g/mol. The Morgan fingerprint density at radius 1 is 1.15 bits per heavy atom. The third-order valence-electron chi connectivity index (χ3n) is 4.86. The van der Waals surface area contributed by atoms with Gasteiger partial charge >= 0.3 is 0 Å². The second-order valence-electron chi connectivity index (χ2n) is 6.86. The van der Waals surface area contributed by atoms with Crippen LogP contribution in [0.25, 0.3) is 10.2 Å². The number of nitrogens with one attached hydrogen (secondary N) is 1. The van der Waals surface area contributed by atoms with Crippen molar-refractivity contribution in [3.8, 4) is 0 Å². The fourth-order valence-corrected chi connectivity index (χ4v) is 4.61. The van der Waals surface area contributed by atoms with Gasteiger partial charge in [0, 0.05) is 19.0 Å². The van der Waals surface area contributed by atoms with Crippen molar-refractivity contribution in [1.82, 2.24) is 15.2 Å². The zero-order valence-electron chi connectivity index (χ0n) is 14.7. The van der Waals surface area contributed by atoms with E-state index in [4.69, 9.17) is 4.98 Å². The van der Waals surface area contributed by atoms with Crippen molar-refractivity contribution in [2.24, 2.45) is 0 Å². The molecule has 1 N–H and O–H groups in total. The van der Waals surface area contributed by atoms with Gasteiger partial charge in [0.2, 0.25) is 5.91 Å². The Bertz CT molecular complexity index is 844. The Morgan fingerprint density at radius 3 is 2.81 bits per heavy atom. The summed E-state index contributed by atoms with van der Waals surface area (Å²) in [6.45, 7) is 2.96. The molecule has 0 aliphatic carbocycles. The molecule has 0 saturated carbocycles. The molecule has 1 fully saturated rings. The number of hydrogen-bond acceptors (Lipinski definition) is 4. The van der Waals surface area contributed by atoms with Crippen LogP contribution >= 0.6 is 11.3 Å². The van der Waals surface area contributed by atoms with Crippen molar-refractivity contribution in [1.29, 1.82) is 0 Å². The number of thiazole rings is 1. The van der Waals surface area contributed by atoms with Gasteiger partial charge in [-0.1, -0.05) is 42.5 Å². The van der Waals surface area contributed by atoms with Crippen LogP contribution in [0.1, 0.15) is 29.3 Å². The number of piperidine rings is 1. The molecule has 0 unspecified atom stereocenters. The van der Waals surface area contributed by atoms with E-state index < -0.39 is 0 Å². The van der Waals surface area contributed by atoms with Gasteiger partial charge in [0.25, 0.3) is 0 Å². The van der Waals surface area contributed by atoms with Crippen molar-refractivity contribution in [3.05, 3.63) is 65.2 Å². The van der Waals surface area contributed by atoms with Crippen molar-refractivity contribution >= 4 is 27.5 Å². The molecule has 4 nitrogen and oxygen atoms in total. The molecule has 0 spiro atoms. The Labute approximate surface area is 157 Å². The van der Waals surface area contributed by atoms with E-state index in [0.717, 1.165) is 37.0 Å².